The Morgan fingerprint density at radius 1 is 1.05 bits per heavy atom. The predicted octanol–water partition coefficient (Wildman–Crippen LogP) is 4.68. The van der Waals surface area contributed by atoms with Gasteiger partial charge >= 0.3 is 0 Å². The minimum absolute atomic E-state index is 0.263. The lowest BCUT2D eigenvalue weighted by molar-refractivity contribution is 0.601. The van der Waals surface area contributed by atoms with Gasteiger partial charge in [-0.05, 0) is 64.2 Å². The number of nitrogens with one attached hydrogen (secondary N) is 1. The maximum absolute atomic E-state index is 12.4. The summed E-state index contributed by atoms with van der Waals surface area (Å²) in [5, 5.41) is 0. The summed E-state index contributed by atoms with van der Waals surface area (Å²) >= 11 is 3.38. The molecule has 0 spiro atoms. The lowest BCUT2D eigenvalue weighted by Gasteiger charge is -2.11. The van der Waals surface area contributed by atoms with Gasteiger partial charge in [0.1, 0.15) is 0 Å². The van der Waals surface area contributed by atoms with Crippen molar-refractivity contribution in [2.24, 2.45) is 0 Å². The fraction of sp³-hybridized carbons (Fsp3) is 0.250. The molecule has 3 nitrogen and oxygen atoms in total. The summed E-state index contributed by atoms with van der Waals surface area (Å²) in [6.45, 7) is 6.10. The minimum Gasteiger partial charge on any atom is -0.278 e. The second-order valence-electron chi connectivity index (χ2n) is 5.31. The Morgan fingerprint density at radius 2 is 1.67 bits per heavy atom. The smallest absolute Gasteiger partial charge is 0.261 e. The van der Waals surface area contributed by atoms with Gasteiger partial charge in [0.25, 0.3) is 10.0 Å². The van der Waals surface area contributed by atoms with Crippen molar-refractivity contribution < 1.29 is 8.42 Å². The average molecular weight is 368 g/mol. The fourth-order valence-electron chi connectivity index (χ4n) is 1.94. The van der Waals surface area contributed by atoms with Gasteiger partial charge in [-0.3, -0.25) is 4.72 Å². The highest BCUT2D eigenvalue weighted by atomic mass is 79.9. The largest absolute Gasteiger partial charge is 0.278 e. The van der Waals surface area contributed by atoms with Crippen molar-refractivity contribution in [2.45, 2.75) is 31.6 Å². The molecule has 0 unspecified atom stereocenters. The molecule has 0 aliphatic carbocycles. The lowest BCUT2D eigenvalue weighted by atomic mass is 10.0. The van der Waals surface area contributed by atoms with Crippen molar-refractivity contribution in [3.05, 3.63) is 58.1 Å². The van der Waals surface area contributed by atoms with Crippen LogP contribution in [0.5, 0.6) is 0 Å². The van der Waals surface area contributed by atoms with Gasteiger partial charge in [0.2, 0.25) is 0 Å². The van der Waals surface area contributed by atoms with Crippen molar-refractivity contribution in [1.82, 2.24) is 0 Å². The molecular weight excluding hydrogens is 350 g/mol. The summed E-state index contributed by atoms with van der Waals surface area (Å²) in [6, 6.07) is 12.5. The van der Waals surface area contributed by atoms with Gasteiger partial charge in [-0.2, -0.15) is 0 Å². The minimum atomic E-state index is -3.57. The number of aryl methyl sites for hydroxylation is 1. The van der Waals surface area contributed by atoms with Crippen LogP contribution >= 0.6 is 15.9 Å². The average Bonchev–Trinajstić information content (AvgIpc) is 2.42. The van der Waals surface area contributed by atoms with E-state index in [-0.39, 0.29) is 4.90 Å². The molecule has 112 valence electrons. The summed E-state index contributed by atoms with van der Waals surface area (Å²) in [4.78, 5) is 0.263. The summed E-state index contributed by atoms with van der Waals surface area (Å²) < 4.78 is 28.1. The first kappa shape index (κ1) is 16.0. The highest BCUT2D eigenvalue weighted by Crippen LogP contribution is 2.26. The molecule has 0 atom stereocenters. The van der Waals surface area contributed by atoms with Crippen LogP contribution in [0.3, 0.4) is 0 Å². The van der Waals surface area contributed by atoms with Crippen LogP contribution in [0.2, 0.25) is 0 Å². The molecule has 0 saturated carbocycles. The summed E-state index contributed by atoms with van der Waals surface area (Å²) in [7, 11) is -3.57. The van der Waals surface area contributed by atoms with Crippen LogP contribution in [0.4, 0.5) is 5.69 Å². The maximum atomic E-state index is 12.4. The first-order chi connectivity index (χ1) is 9.79. The number of rotatable bonds is 4. The van der Waals surface area contributed by atoms with Gasteiger partial charge in [0, 0.05) is 4.47 Å². The topological polar surface area (TPSA) is 46.2 Å². The van der Waals surface area contributed by atoms with Gasteiger partial charge < -0.3 is 0 Å². The molecular formula is C16H18BrNO2S. The van der Waals surface area contributed by atoms with Gasteiger partial charge in [0.15, 0.2) is 0 Å². The Labute approximate surface area is 134 Å². The molecule has 0 amide bonds. The Balaban J connectivity index is 2.29. The van der Waals surface area contributed by atoms with E-state index >= 15 is 0 Å². The summed E-state index contributed by atoms with van der Waals surface area (Å²) in [6.07, 6.45) is 0. The molecule has 0 aliphatic rings. The van der Waals surface area contributed by atoms with E-state index in [1.807, 2.05) is 31.2 Å². The van der Waals surface area contributed by atoms with Crippen molar-refractivity contribution in [3.63, 3.8) is 0 Å². The van der Waals surface area contributed by atoms with E-state index < -0.39 is 10.0 Å². The number of anilines is 1. The first-order valence-electron chi connectivity index (χ1n) is 6.68. The molecule has 0 saturated heterocycles. The van der Waals surface area contributed by atoms with Crippen LogP contribution in [-0.2, 0) is 10.0 Å². The number of hydrogen-bond acceptors (Lipinski definition) is 2. The molecule has 2 rings (SSSR count). The Hall–Kier alpha value is -1.33. The van der Waals surface area contributed by atoms with Crippen LogP contribution < -0.4 is 4.72 Å². The van der Waals surface area contributed by atoms with E-state index in [1.54, 1.807) is 18.2 Å². The quantitative estimate of drug-likeness (QED) is 0.852. The first-order valence-corrected chi connectivity index (χ1v) is 8.96. The summed E-state index contributed by atoms with van der Waals surface area (Å²) in [5.74, 6) is 0.376. The van der Waals surface area contributed by atoms with E-state index in [0.717, 1.165) is 15.6 Å². The monoisotopic (exact) mass is 367 g/mol. The highest BCUT2D eigenvalue weighted by molar-refractivity contribution is 9.10. The molecule has 0 bridgehead atoms. The fourth-order valence-corrected chi connectivity index (χ4v) is 3.74. The van der Waals surface area contributed by atoms with Crippen LogP contribution in [0.1, 0.15) is 30.9 Å². The van der Waals surface area contributed by atoms with Crippen LogP contribution in [0, 0.1) is 6.92 Å². The predicted molar refractivity (Wildman–Crippen MR) is 90.2 cm³/mol. The van der Waals surface area contributed by atoms with Crippen molar-refractivity contribution in [2.75, 3.05) is 4.72 Å². The zero-order valence-corrected chi connectivity index (χ0v) is 14.6. The van der Waals surface area contributed by atoms with Crippen molar-refractivity contribution >= 4 is 31.6 Å². The van der Waals surface area contributed by atoms with Gasteiger partial charge in [-0.25, -0.2) is 8.42 Å². The molecule has 0 aromatic heterocycles. The number of hydrogen-bond donors (Lipinski definition) is 1. The highest BCUT2D eigenvalue weighted by Gasteiger charge is 2.15. The Kier molecular flexibility index (Phi) is 4.74. The third-order valence-electron chi connectivity index (χ3n) is 3.23. The molecule has 2 aromatic carbocycles. The number of sulfonamides is 1. The number of benzene rings is 2. The molecule has 0 heterocycles. The summed E-state index contributed by atoms with van der Waals surface area (Å²) in [5.41, 5.74) is 2.71. The maximum Gasteiger partial charge on any atom is 0.261 e. The Morgan fingerprint density at radius 3 is 2.19 bits per heavy atom. The van der Waals surface area contributed by atoms with E-state index in [1.165, 1.54) is 0 Å². The van der Waals surface area contributed by atoms with E-state index in [4.69, 9.17) is 0 Å². The van der Waals surface area contributed by atoms with Crippen LogP contribution in [0.15, 0.2) is 51.8 Å². The zero-order chi connectivity index (χ0) is 15.6. The SMILES string of the molecule is Cc1ccc(NS(=O)(=O)c2ccc(C(C)C)cc2)c(Br)c1. The standard InChI is InChI=1S/C16H18BrNO2S/c1-11(2)13-5-7-14(8-6-13)21(19,20)18-16-9-4-12(3)10-15(16)17/h4-11,18H,1-3H3. The third kappa shape index (κ3) is 3.86. The number of halogens is 1. The van der Waals surface area contributed by atoms with Crippen LogP contribution in [0.25, 0.3) is 0 Å². The molecule has 0 radical (unpaired) electrons. The zero-order valence-electron chi connectivity index (χ0n) is 12.2. The van der Waals surface area contributed by atoms with E-state index in [2.05, 4.69) is 34.5 Å². The molecule has 5 heteroatoms. The van der Waals surface area contributed by atoms with Crippen molar-refractivity contribution in [1.29, 1.82) is 0 Å². The van der Waals surface area contributed by atoms with Crippen molar-refractivity contribution in [3.8, 4) is 0 Å². The van der Waals surface area contributed by atoms with E-state index in [9.17, 15) is 8.42 Å². The van der Waals surface area contributed by atoms with E-state index in [0.29, 0.717) is 11.6 Å². The second-order valence-corrected chi connectivity index (χ2v) is 7.85. The molecule has 2 aromatic rings. The van der Waals surface area contributed by atoms with Gasteiger partial charge in [0.05, 0.1) is 10.6 Å². The molecule has 21 heavy (non-hydrogen) atoms. The second kappa shape index (κ2) is 6.20. The molecule has 0 aliphatic heterocycles. The third-order valence-corrected chi connectivity index (χ3v) is 5.26. The van der Waals surface area contributed by atoms with Gasteiger partial charge in [-0.15, -0.1) is 0 Å². The molecule has 0 fully saturated rings. The van der Waals surface area contributed by atoms with Crippen LogP contribution in [-0.4, -0.2) is 8.42 Å². The molecule has 1 N–H and O–H groups in total. The van der Waals surface area contributed by atoms with Gasteiger partial charge in [-0.1, -0.05) is 32.0 Å². The lowest BCUT2D eigenvalue weighted by Crippen LogP contribution is -2.13. The normalized spacial score (nSPS) is 11.7. The Bertz CT molecular complexity index is 737.